The molecule has 0 unspecified atom stereocenters. The van der Waals surface area contributed by atoms with Gasteiger partial charge in [0.25, 0.3) is 0 Å². The highest BCUT2D eigenvalue weighted by atomic mass is 35.5. The Kier molecular flexibility index (Phi) is 3.00. The molecule has 4 rings (SSSR count). The fourth-order valence-corrected chi connectivity index (χ4v) is 2.95. The molecule has 0 radical (unpaired) electrons. The number of anilines is 1. The summed E-state index contributed by atoms with van der Waals surface area (Å²) in [5, 5.41) is 9.32. The Bertz CT molecular complexity index is 798. The van der Waals surface area contributed by atoms with Crippen molar-refractivity contribution in [2.75, 3.05) is 11.4 Å². The Labute approximate surface area is 127 Å². The number of hydrogen-bond acceptors (Lipinski definition) is 4. The van der Waals surface area contributed by atoms with Gasteiger partial charge in [-0.15, -0.1) is 21.8 Å². The van der Waals surface area contributed by atoms with Crippen LogP contribution in [0.2, 0.25) is 0 Å². The molecule has 2 aromatic heterocycles. The Morgan fingerprint density at radius 3 is 3.00 bits per heavy atom. The molecule has 6 heteroatoms. The minimum atomic E-state index is 0.419. The third-order valence-electron chi connectivity index (χ3n) is 3.86. The molecule has 0 saturated carbocycles. The normalized spacial score (nSPS) is 14.4. The van der Waals surface area contributed by atoms with Crippen molar-refractivity contribution in [1.82, 2.24) is 19.7 Å². The van der Waals surface area contributed by atoms with Gasteiger partial charge in [-0.25, -0.2) is 0 Å². The summed E-state index contributed by atoms with van der Waals surface area (Å²) in [4.78, 5) is 6.92. The van der Waals surface area contributed by atoms with Gasteiger partial charge in [-0.1, -0.05) is 18.2 Å². The number of benzene rings is 1. The fraction of sp³-hybridized carbons (Fsp3) is 0.267. The van der Waals surface area contributed by atoms with Crippen LogP contribution in [0.1, 0.15) is 11.5 Å². The van der Waals surface area contributed by atoms with E-state index in [1.54, 1.807) is 6.33 Å². The first-order valence-corrected chi connectivity index (χ1v) is 7.45. The van der Waals surface area contributed by atoms with Crippen molar-refractivity contribution in [3.05, 3.63) is 48.2 Å². The Hall–Kier alpha value is -2.14. The Morgan fingerprint density at radius 2 is 2.10 bits per heavy atom. The van der Waals surface area contributed by atoms with Crippen molar-refractivity contribution >= 4 is 28.2 Å². The third kappa shape index (κ3) is 2.14. The fourth-order valence-electron chi connectivity index (χ4n) is 2.81. The van der Waals surface area contributed by atoms with Gasteiger partial charge in [0.2, 0.25) is 0 Å². The number of hydrogen-bond donors (Lipinski definition) is 0. The zero-order valence-electron chi connectivity index (χ0n) is 11.4. The summed E-state index contributed by atoms with van der Waals surface area (Å²) in [6, 6.07) is 10.3. The van der Waals surface area contributed by atoms with Gasteiger partial charge in [-0.05, 0) is 12.1 Å². The van der Waals surface area contributed by atoms with E-state index in [2.05, 4.69) is 36.8 Å². The average molecular weight is 300 g/mol. The van der Waals surface area contributed by atoms with Crippen LogP contribution in [0.25, 0.3) is 10.9 Å². The lowest BCUT2D eigenvalue weighted by Crippen LogP contribution is -2.33. The van der Waals surface area contributed by atoms with E-state index in [-0.39, 0.29) is 0 Å². The van der Waals surface area contributed by atoms with E-state index < -0.39 is 0 Å². The number of fused-ring (bicyclic) bond motifs is 2. The van der Waals surface area contributed by atoms with Gasteiger partial charge < -0.3 is 9.47 Å². The molecule has 5 nitrogen and oxygen atoms in total. The SMILES string of the molecule is ClCc1cc(N2CCn3cnnc3C2)c2ccccc2n1. The molecule has 0 N–H and O–H groups in total. The summed E-state index contributed by atoms with van der Waals surface area (Å²) in [5.74, 6) is 1.41. The second-order valence-corrected chi connectivity index (χ2v) is 5.41. The lowest BCUT2D eigenvalue weighted by Gasteiger charge is -2.30. The molecule has 0 fully saturated rings. The Morgan fingerprint density at radius 1 is 1.19 bits per heavy atom. The molecular formula is C15H14ClN5. The minimum Gasteiger partial charge on any atom is -0.362 e. The Balaban J connectivity index is 1.83. The summed E-state index contributed by atoms with van der Waals surface area (Å²) in [5.41, 5.74) is 3.06. The largest absolute Gasteiger partial charge is 0.362 e. The number of rotatable bonds is 2. The van der Waals surface area contributed by atoms with Gasteiger partial charge in [0.1, 0.15) is 6.33 Å². The van der Waals surface area contributed by atoms with Gasteiger partial charge in [0, 0.05) is 24.2 Å². The average Bonchev–Trinajstić information content (AvgIpc) is 3.01. The number of para-hydroxylation sites is 1. The van der Waals surface area contributed by atoms with Crippen molar-refractivity contribution < 1.29 is 0 Å². The topological polar surface area (TPSA) is 46.8 Å². The molecule has 0 aliphatic carbocycles. The maximum atomic E-state index is 5.99. The summed E-state index contributed by atoms with van der Waals surface area (Å²) in [6.07, 6.45) is 1.79. The molecule has 3 heterocycles. The van der Waals surface area contributed by atoms with Crippen LogP contribution in [-0.4, -0.2) is 26.3 Å². The van der Waals surface area contributed by atoms with Crippen LogP contribution < -0.4 is 4.90 Å². The van der Waals surface area contributed by atoms with Crippen LogP contribution in [0.15, 0.2) is 36.7 Å². The van der Waals surface area contributed by atoms with E-state index in [1.807, 2.05) is 18.2 Å². The quantitative estimate of drug-likeness (QED) is 0.682. The minimum absolute atomic E-state index is 0.419. The van der Waals surface area contributed by atoms with Crippen molar-refractivity contribution in [3.63, 3.8) is 0 Å². The van der Waals surface area contributed by atoms with Gasteiger partial charge in [0.05, 0.1) is 23.6 Å². The third-order valence-corrected chi connectivity index (χ3v) is 4.14. The van der Waals surface area contributed by atoms with E-state index >= 15 is 0 Å². The van der Waals surface area contributed by atoms with Gasteiger partial charge in [-0.2, -0.15) is 0 Å². The number of halogens is 1. The first-order chi connectivity index (χ1) is 10.3. The van der Waals surface area contributed by atoms with Crippen LogP contribution in [0.5, 0.6) is 0 Å². The van der Waals surface area contributed by atoms with Gasteiger partial charge >= 0.3 is 0 Å². The molecule has 0 amide bonds. The van der Waals surface area contributed by atoms with Crippen LogP contribution in [-0.2, 0) is 19.0 Å². The predicted molar refractivity (Wildman–Crippen MR) is 82.4 cm³/mol. The van der Waals surface area contributed by atoms with E-state index in [0.29, 0.717) is 5.88 Å². The first kappa shape index (κ1) is 12.6. The summed E-state index contributed by atoms with van der Waals surface area (Å²) in [7, 11) is 0. The van der Waals surface area contributed by atoms with Crippen LogP contribution in [0.3, 0.4) is 0 Å². The summed E-state index contributed by atoms with van der Waals surface area (Å²) in [6.45, 7) is 2.59. The summed E-state index contributed by atoms with van der Waals surface area (Å²) >= 11 is 5.99. The number of nitrogens with zero attached hydrogens (tertiary/aromatic N) is 5. The molecule has 0 spiro atoms. The zero-order valence-corrected chi connectivity index (χ0v) is 12.2. The highest BCUT2D eigenvalue weighted by Gasteiger charge is 2.20. The molecule has 3 aromatic rings. The highest BCUT2D eigenvalue weighted by molar-refractivity contribution is 6.17. The van der Waals surface area contributed by atoms with Crippen molar-refractivity contribution in [1.29, 1.82) is 0 Å². The second-order valence-electron chi connectivity index (χ2n) is 5.15. The van der Waals surface area contributed by atoms with Gasteiger partial charge in [0.15, 0.2) is 5.82 Å². The molecule has 1 aliphatic heterocycles. The molecule has 21 heavy (non-hydrogen) atoms. The molecule has 0 atom stereocenters. The lowest BCUT2D eigenvalue weighted by molar-refractivity contribution is 0.561. The van der Waals surface area contributed by atoms with E-state index in [1.165, 1.54) is 5.69 Å². The van der Waals surface area contributed by atoms with Crippen LogP contribution >= 0.6 is 11.6 Å². The van der Waals surface area contributed by atoms with E-state index in [9.17, 15) is 0 Å². The van der Waals surface area contributed by atoms with E-state index in [4.69, 9.17) is 11.6 Å². The molecular weight excluding hydrogens is 286 g/mol. The zero-order chi connectivity index (χ0) is 14.2. The number of pyridine rings is 1. The standard InChI is InChI=1S/C15H14ClN5/c16-8-11-7-14(12-3-1-2-4-13(12)18-11)20-5-6-21-10-17-19-15(21)9-20/h1-4,7,10H,5-6,8-9H2. The molecule has 1 aliphatic rings. The maximum Gasteiger partial charge on any atom is 0.152 e. The number of aromatic nitrogens is 4. The summed E-state index contributed by atoms with van der Waals surface area (Å²) < 4.78 is 2.10. The lowest BCUT2D eigenvalue weighted by atomic mass is 10.1. The smallest absolute Gasteiger partial charge is 0.152 e. The highest BCUT2D eigenvalue weighted by Crippen LogP contribution is 2.29. The van der Waals surface area contributed by atoms with Crippen molar-refractivity contribution in [2.45, 2.75) is 19.0 Å². The van der Waals surface area contributed by atoms with Crippen LogP contribution in [0, 0.1) is 0 Å². The molecule has 106 valence electrons. The van der Waals surface area contributed by atoms with Crippen LogP contribution in [0.4, 0.5) is 5.69 Å². The van der Waals surface area contributed by atoms with E-state index in [0.717, 1.165) is 42.1 Å². The molecule has 1 aromatic carbocycles. The number of alkyl halides is 1. The second kappa shape index (κ2) is 5.00. The molecule has 0 saturated heterocycles. The maximum absolute atomic E-state index is 5.99. The van der Waals surface area contributed by atoms with Crippen molar-refractivity contribution in [3.8, 4) is 0 Å². The molecule has 0 bridgehead atoms. The monoisotopic (exact) mass is 299 g/mol. The van der Waals surface area contributed by atoms with Gasteiger partial charge in [-0.3, -0.25) is 4.98 Å². The predicted octanol–water partition coefficient (Wildman–Crippen LogP) is 2.59. The van der Waals surface area contributed by atoms with Crippen molar-refractivity contribution in [2.24, 2.45) is 0 Å². The first-order valence-electron chi connectivity index (χ1n) is 6.91.